The van der Waals surface area contributed by atoms with Gasteiger partial charge in [-0.25, -0.2) is 4.98 Å². The fourth-order valence-electron chi connectivity index (χ4n) is 4.20. The summed E-state index contributed by atoms with van der Waals surface area (Å²) in [5.74, 6) is -3.37. The highest BCUT2D eigenvalue weighted by Gasteiger charge is 2.33. The molecule has 0 radical (unpaired) electrons. The van der Waals surface area contributed by atoms with Gasteiger partial charge >= 0.3 is 6.18 Å². The van der Waals surface area contributed by atoms with Crippen LogP contribution in [0.4, 0.5) is 18.9 Å². The molecule has 38 heavy (non-hydrogen) atoms. The van der Waals surface area contributed by atoms with Gasteiger partial charge in [0.05, 0.1) is 24.0 Å². The molecule has 3 heterocycles. The first-order valence-electron chi connectivity index (χ1n) is 11.1. The number of rotatable bonds is 7. The van der Waals surface area contributed by atoms with E-state index in [9.17, 15) is 33.1 Å². The first-order valence-corrected chi connectivity index (χ1v) is 11.1. The van der Waals surface area contributed by atoms with Crippen molar-refractivity contribution < 1.29 is 27.6 Å². The Morgan fingerprint density at radius 1 is 1.29 bits per heavy atom. The number of carbonyl (C=O) groups excluding carboxylic acids is 1. The third-order valence-corrected chi connectivity index (χ3v) is 5.88. The minimum absolute atomic E-state index is 0.0320. The van der Waals surface area contributed by atoms with Crippen LogP contribution in [0.5, 0.6) is 5.75 Å². The highest BCUT2D eigenvalue weighted by Crippen LogP contribution is 2.39. The Balaban J connectivity index is 1.84. The van der Waals surface area contributed by atoms with Gasteiger partial charge in [-0.1, -0.05) is 30.3 Å². The van der Waals surface area contributed by atoms with Crippen LogP contribution in [-0.2, 0) is 13.6 Å². The lowest BCUT2D eigenvalue weighted by Crippen LogP contribution is -2.29. The topological polar surface area (TPSA) is 152 Å². The molecule has 0 aliphatic heterocycles. The summed E-state index contributed by atoms with van der Waals surface area (Å²) in [6.45, 7) is 0.317. The highest BCUT2D eigenvalue weighted by molar-refractivity contribution is 6.04. The molecule has 0 saturated heterocycles. The number of benzene rings is 1. The number of hydrogen-bond donors (Lipinski definition) is 2. The number of nitrogens with zero attached hydrogens (tertiary/aromatic N) is 6. The molecule has 196 valence electrons. The zero-order valence-electron chi connectivity index (χ0n) is 20.0. The number of halogens is 3. The van der Waals surface area contributed by atoms with Crippen molar-refractivity contribution in [2.75, 3.05) is 5.32 Å². The van der Waals surface area contributed by atoms with E-state index in [4.69, 9.17) is 0 Å². The molecule has 0 saturated carbocycles. The van der Waals surface area contributed by atoms with Gasteiger partial charge < -0.3 is 14.9 Å². The maximum atomic E-state index is 13.0. The first kappa shape index (κ1) is 26.1. The van der Waals surface area contributed by atoms with E-state index in [1.165, 1.54) is 25.6 Å². The number of nitriles is 1. The van der Waals surface area contributed by atoms with Crippen LogP contribution in [0.3, 0.4) is 0 Å². The van der Waals surface area contributed by atoms with Crippen molar-refractivity contribution in [3.63, 3.8) is 0 Å². The van der Waals surface area contributed by atoms with E-state index in [2.05, 4.69) is 31.1 Å². The van der Waals surface area contributed by atoms with Gasteiger partial charge in [-0.3, -0.25) is 18.8 Å². The van der Waals surface area contributed by atoms with Crippen LogP contribution in [0, 0.1) is 11.3 Å². The third kappa shape index (κ3) is 5.26. The summed E-state index contributed by atoms with van der Waals surface area (Å²) < 4.78 is 45.4. The van der Waals surface area contributed by atoms with Gasteiger partial charge in [-0.05, 0) is 17.2 Å². The van der Waals surface area contributed by atoms with E-state index in [-0.39, 0.29) is 17.1 Å². The van der Waals surface area contributed by atoms with Crippen LogP contribution in [-0.4, -0.2) is 41.7 Å². The van der Waals surface area contributed by atoms with Gasteiger partial charge in [0.1, 0.15) is 24.3 Å². The molecule has 4 aromatic rings. The van der Waals surface area contributed by atoms with Gasteiger partial charge in [0.25, 0.3) is 11.5 Å². The molecule has 0 spiro atoms. The van der Waals surface area contributed by atoms with Crippen LogP contribution in [0.1, 0.15) is 51.8 Å². The summed E-state index contributed by atoms with van der Waals surface area (Å²) in [5, 5.41) is 29.8. The Bertz CT molecular complexity index is 1570. The predicted molar refractivity (Wildman–Crippen MR) is 125 cm³/mol. The monoisotopic (exact) mass is 527 g/mol. The minimum atomic E-state index is -4.51. The molecule has 0 aliphatic rings. The van der Waals surface area contributed by atoms with Gasteiger partial charge in [-0.15, -0.1) is 0 Å². The lowest BCUT2D eigenvalue weighted by molar-refractivity contribution is -0.142. The second-order valence-electron chi connectivity index (χ2n) is 8.45. The number of anilines is 1. The molecular weight excluding hydrogens is 507 g/mol. The summed E-state index contributed by atoms with van der Waals surface area (Å²) in [4.78, 5) is 29.9. The molecule has 1 amide bonds. The van der Waals surface area contributed by atoms with Crippen molar-refractivity contribution in [2.24, 2.45) is 7.05 Å². The van der Waals surface area contributed by atoms with Gasteiger partial charge in [0.2, 0.25) is 5.75 Å². The Morgan fingerprint density at radius 2 is 2.03 bits per heavy atom. The molecule has 1 aromatic carbocycles. The van der Waals surface area contributed by atoms with Crippen molar-refractivity contribution >= 4 is 11.6 Å². The number of aromatic hydroxyl groups is 1. The molecule has 2 atom stereocenters. The molecule has 11 nitrogen and oxygen atoms in total. The van der Waals surface area contributed by atoms with E-state index in [0.717, 1.165) is 15.5 Å². The number of aromatic nitrogens is 5. The largest absolute Gasteiger partial charge is 0.501 e. The van der Waals surface area contributed by atoms with E-state index in [1.54, 1.807) is 31.2 Å². The minimum Gasteiger partial charge on any atom is -0.501 e. The van der Waals surface area contributed by atoms with E-state index in [0.29, 0.717) is 11.1 Å². The smallest absolute Gasteiger partial charge is 0.408 e. The second-order valence-corrected chi connectivity index (χ2v) is 8.45. The Morgan fingerprint density at radius 3 is 2.68 bits per heavy atom. The first-order chi connectivity index (χ1) is 18.0. The standard InChI is InChI=1S/C24H20F3N7O4/c1-13(21-32-19(20(35)23(37)33(21)2)22(36)31-16-9-30-38-11-16)18(17-6-4-3-5-14(17)7-28)15-8-29-34(10-15)12-24(25,26)27/h3-6,8-11,13,18,35H,12H2,1-2H3,(H,31,36)/t13-,18-/m0/s1. The second kappa shape index (κ2) is 10.2. The van der Waals surface area contributed by atoms with Crippen molar-refractivity contribution in [2.45, 2.75) is 31.5 Å². The lowest BCUT2D eigenvalue weighted by Gasteiger charge is -2.26. The van der Waals surface area contributed by atoms with E-state index >= 15 is 0 Å². The average molecular weight is 527 g/mol. The number of amides is 1. The number of hydrogen-bond acceptors (Lipinski definition) is 8. The molecular formula is C24H20F3N7O4. The third-order valence-electron chi connectivity index (χ3n) is 5.88. The average Bonchev–Trinajstić information content (AvgIpc) is 3.54. The van der Waals surface area contributed by atoms with Crippen molar-refractivity contribution in [1.82, 2.24) is 24.5 Å². The number of alkyl halides is 3. The Labute approximate surface area is 212 Å². The maximum Gasteiger partial charge on any atom is 0.408 e. The van der Waals surface area contributed by atoms with Gasteiger partial charge in [-0.2, -0.15) is 23.5 Å². The number of nitrogens with one attached hydrogen (secondary N) is 1. The van der Waals surface area contributed by atoms with Gasteiger partial charge in [0, 0.05) is 25.1 Å². The van der Waals surface area contributed by atoms with Crippen LogP contribution in [0.25, 0.3) is 0 Å². The van der Waals surface area contributed by atoms with Crippen LogP contribution < -0.4 is 10.9 Å². The van der Waals surface area contributed by atoms with Crippen LogP contribution in [0.15, 0.2) is 58.4 Å². The highest BCUT2D eigenvalue weighted by atomic mass is 19.4. The van der Waals surface area contributed by atoms with Crippen molar-refractivity contribution in [3.8, 4) is 11.8 Å². The molecule has 3 aromatic heterocycles. The molecule has 4 rings (SSSR count). The van der Waals surface area contributed by atoms with Crippen molar-refractivity contribution in [3.05, 3.63) is 87.7 Å². The van der Waals surface area contributed by atoms with E-state index in [1.807, 2.05) is 0 Å². The molecule has 0 unspecified atom stereocenters. The maximum absolute atomic E-state index is 13.0. The van der Waals surface area contributed by atoms with Crippen LogP contribution in [0.2, 0.25) is 0 Å². The normalized spacial score (nSPS) is 13.1. The summed E-state index contributed by atoms with van der Waals surface area (Å²) in [5.41, 5.74) is -0.311. The van der Waals surface area contributed by atoms with Crippen molar-refractivity contribution in [1.29, 1.82) is 5.26 Å². The lowest BCUT2D eigenvalue weighted by atomic mass is 9.80. The SMILES string of the molecule is C[C@H](c1nc(C(=O)Nc2cnoc2)c(O)c(=O)n1C)[C@@H](c1cnn(CC(F)(F)F)c1)c1ccccc1C#N. The predicted octanol–water partition coefficient (Wildman–Crippen LogP) is 3.29. The molecule has 0 aliphatic carbocycles. The molecule has 14 heteroatoms. The zero-order valence-corrected chi connectivity index (χ0v) is 20.0. The summed E-state index contributed by atoms with van der Waals surface area (Å²) >= 11 is 0. The van der Waals surface area contributed by atoms with E-state index < -0.39 is 47.5 Å². The van der Waals surface area contributed by atoms with Crippen LogP contribution >= 0.6 is 0 Å². The summed E-state index contributed by atoms with van der Waals surface area (Å²) in [6, 6.07) is 8.56. The molecule has 0 fully saturated rings. The molecule has 2 N–H and O–H groups in total. The quantitative estimate of drug-likeness (QED) is 0.371. The zero-order chi connectivity index (χ0) is 27.6. The number of carbonyl (C=O) groups is 1. The Hall–Kier alpha value is -4.93. The molecule has 0 bridgehead atoms. The fraction of sp³-hybridized carbons (Fsp3) is 0.250. The Kier molecular flexibility index (Phi) is 7.02. The fourth-order valence-corrected chi connectivity index (χ4v) is 4.20. The van der Waals surface area contributed by atoms with Gasteiger partial charge in [0.15, 0.2) is 5.69 Å². The summed E-state index contributed by atoms with van der Waals surface area (Å²) in [7, 11) is 1.34. The summed E-state index contributed by atoms with van der Waals surface area (Å²) in [6.07, 6.45) is 0.282.